The number of aromatic nitrogens is 5. The van der Waals surface area contributed by atoms with Gasteiger partial charge in [-0.3, -0.25) is 0 Å². The summed E-state index contributed by atoms with van der Waals surface area (Å²) in [6, 6.07) is 16.0. The van der Waals surface area contributed by atoms with Gasteiger partial charge in [0, 0.05) is 49.8 Å². The SMILES string of the molecule is CCOC(=O)c1cnn2c(N(C)Cc3ccccc3)cc(-c3cnc4n(C5CCOC[C@@H]5O)cccc3-4)nc12. The van der Waals surface area contributed by atoms with E-state index in [-0.39, 0.29) is 12.6 Å². The smallest absolute Gasteiger partial charge is 0.343 e. The summed E-state index contributed by atoms with van der Waals surface area (Å²) < 4.78 is 14.4. The molecule has 39 heavy (non-hydrogen) atoms. The van der Waals surface area contributed by atoms with E-state index in [0.29, 0.717) is 43.1 Å². The van der Waals surface area contributed by atoms with Crippen LogP contribution in [0.3, 0.4) is 0 Å². The van der Waals surface area contributed by atoms with Crippen molar-refractivity contribution in [2.24, 2.45) is 0 Å². The van der Waals surface area contributed by atoms with Crippen LogP contribution in [0, 0.1) is 0 Å². The zero-order valence-electron chi connectivity index (χ0n) is 21.9. The third-order valence-corrected chi connectivity index (χ3v) is 7.13. The maximum absolute atomic E-state index is 12.8. The van der Waals surface area contributed by atoms with E-state index in [1.165, 1.54) is 6.20 Å². The standard InChI is InChI=1S/C29H30N6O4/c1-3-39-29(37)22-16-31-35-26(33(2)17-19-8-5-4-6-9-19)14-23(32-28(22)35)21-15-30-27-20(21)10-7-12-34(27)24-11-13-38-18-25(24)36/h4-10,12,14-16,24-25,36H,3,11,13,17-18H2,1-2H3/t24?,25-/m0/s1. The van der Waals surface area contributed by atoms with Crippen molar-refractivity contribution in [3.63, 3.8) is 0 Å². The monoisotopic (exact) mass is 526 g/mol. The Kier molecular flexibility index (Phi) is 6.72. The first-order valence-corrected chi connectivity index (χ1v) is 13.1. The Hall–Kier alpha value is -4.28. The fraction of sp³-hybridized carbons (Fsp3) is 0.310. The number of benzene rings is 1. The molecule has 1 saturated heterocycles. The first-order chi connectivity index (χ1) is 19.0. The number of carbonyl (C=O) groups is 1. The Balaban J connectivity index is 1.46. The van der Waals surface area contributed by atoms with Gasteiger partial charge in [-0.2, -0.15) is 9.61 Å². The Labute approximate surface area is 225 Å². The molecule has 1 unspecified atom stereocenters. The van der Waals surface area contributed by atoms with Crippen LogP contribution >= 0.6 is 0 Å². The Bertz CT molecular complexity index is 1580. The van der Waals surface area contributed by atoms with Gasteiger partial charge in [0.1, 0.15) is 17.2 Å². The highest BCUT2D eigenvalue weighted by Gasteiger charge is 2.29. The molecule has 0 radical (unpaired) electrons. The van der Waals surface area contributed by atoms with Gasteiger partial charge in [0.25, 0.3) is 0 Å². The fourth-order valence-electron chi connectivity index (χ4n) is 5.21. The molecule has 10 heteroatoms. The molecule has 1 aromatic carbocycles. The number of carbonyl (C=O) groups excluding carboxylic acids is 1. The lowest BCUT2D eigenvalue weighted by Crippen LogP contribution is -2.34. The number of aliphatic hydroxyl groups excluding tert-OH is 1. The quantitative estimate of drug-likeness (QED) is 0.319. The average Bonchev–Trinajstić information content (AvgIpc) is 3.58. The molecule has 3 aliphatic heterocycles. The predicted molar refractivity (Wildman–Crippen MR) is 146 cm³/mol. The van der Waals surface area contributed by atoms with E-state index in [1.54, 1.807) is 17.6 Å². The topological polar surface area (TPSA) is 107 Å². The maximum Gasteiger partial charge on any atom is 0.343 e. The number of fused-ring (bicyclic) bond motifs is 2. The number of hydrogen-bond donors (Lipinski definition) is 1. The highest BCUT2D eigenvalue weighted by atomic mass is 16.5. The van der Waals surface area contributed by atoms with Gasteiger partial charge in [0.05, 0.1) is 37.3 Å². The van der Waals surface area contributed by atoms with Crippen molar-refractivity contribution in [1.82, 2.24) is 24.1 Å². The summed E-state index contributed by atoms with van der Waals surface area (Å²) in [7, 11) is 1.99. The second-order valence-corrected chi connectivity index (χ2v) is 9.68. The molecule has 1 N–H and O–H groups in total. The maximum atomic E-state index is 12.8. The number of pyridine rings is 1. The van der Waals surface area contributed by atoms with Crippen LogP contribution in [0.5, 0.6) is 0 Å². The highest BCUT2D eigenvalue weighted by molar-refractivity contribution is 5.96. The summed E-state index contributed by atoms with van der Waals surface area (Å²) in [4.78, 5) is 24.5. The Morgan fingerprint density at radius 2 is 2.03 bits per heavy atom. The normalized spacial score (nSPS) is 17.5. The molecule has 0 spiro atoms. The molecule has 0 amide bonds. The van der Waals surface area contributed by atoms with Crippen LogP contribution in [-0.4, -0.2) is 68.2 Å². The fourth-order valence-corrected chi connectivity index (χ4v) is 5.21. The number of aliphatic hydroxyl groups is 1. The van der Waals surface area contributed by atoms with Gasteiger partial charge in [0.2, 0.25) is 0 Å². The lowest BCUT2D eigenvalue weighted by Gasteiger charge is -2.31. The third kappa shape index (κ3) is 4.62. The van der Waals surface area contributed by atoms with Crippen LogP contribution in [0.1, 0.15) is 35.3 Å². The van der Waals surface area contributed by atoms with Crippen LogP contribution in [0.25, 0.3) is 28.3 Å². The second-order valence-electron chi connectivity index (χ2n) is 9.68. The van der Waals surface area contributed by atoms with Crippen LogP contribution in [-0.2, 0) is 16.0 Å². The number of esters is 1. The molecule has 5 heterocycles. The van der Waals surface area contributed by atoms with Crippen molar-refractivity contribution in [2.45, 2.75) is 32.0 Å². The van der Waals surface area contributed by atoms with Gasteiger partial charge in [-0.1, -0.05) is 30.3 Å². The molecule has 10 nitrogen and oxygen atoms in total. The second kappa shape index (κ2) is 10.5. The molecule has 0 saturated carbocycles. The Morgan fingerprint density at radius 1 is 1.18 bits per heavy atom. The van der Waals surface area contributed by atoms with Gasteiger partial charge in [-0.15, -0.1) is 0 Å². The van der Waals surface area contributed by atoms with Crippen LogP contribution in [0.2, 0.25) is 0 Å². The largest absolute Gasteiger partial charge is 0.462 e. The van der Waals surface area contributed by atoms with Gasteiger partial charge < -0.3 is 24.0 Å². The van der Waals surface area contributed by atoms with Crippen molar-refractivity contribution in [3.8, 4) is 22.6 Å². The minimum Gasteiger partial charge on any atom is -0.462 e. The number of ether oxygens (including phenoxy) is 2. The number of rotatable bonds is 7. The summed E-state index contributed by atoms with van der Waals surface area (Å²) in [5, 5.41) is 15.1. The van der Waals surface area contributed by atoms with E-state index >= 15 is 0 Å². The third-order valence-electron chi connectivity index (χ3n) is 7.13. The molecular formula is C29H30N6O4. The summed E-state index contributed by atoms with van der Waals surface area (Å²) in [6.07, 6.45) is 5.34. The summed E-state index contributed by atoms with van der Waals surface area (Å²) in [6.45, 7) is 3.55. The summed E-state index contributed by atoms with van der Waals surface area (Å²) in [5.74, 6) is 1.07. The van der Waals surface area contributed by atoms with E-state index in [0.717, 1.165) is 28.3 Å². The van der Waals surface area contributed by atoms with E-state index in [2.05, 4.69) is 22.1 Å². The summed E-state index contributed by atoms with van der Waals surface area (Å²) >= 11 is 0. The van der Waals surface area contributed by atoms with Crippen molar-refractivity contribution >= 4 is 17.4 Å². The Morgan fingerprint density at radius 3 is 2.82 bits per heavy atom. The minimum atomic E-state index is -0.610. The molecular weight excluding hydrogens is 496 g/mol. The van der Waals surface area contributed by atoms with Crippen LogP contribution in [0.15, 0.2) is 67.1 Å². The zero-order chi connectivity index (χ0) is 26.9. The van der Waals surface area contributed by atoms with E-state index in [1.807, 2.05) is 54.2 Å². The predicted octanol–water partition coefficient (Wildman–Crippen LogP) is 3.83. The molecule has 200 valence electrons. The zero-order valence-corrected chi connectivity index (χ0v) is 21.9. The molecule has 3 aliphatic rings. The van der Waals surface area contributed by atoms with Crippen molar-refractivity contribution in [2.75, 3.05) is 31.8 Å². The van der Waals surface area contributed by atoms with Crippen LogP contribution < -0.4 is 4.90 Å². The summed E-state index contributed by atoms with van der Waals surface area (Å²) in [5.41, 5.74) is 4.25. The van der Waals surface area contributed by atoms with Gasteiger partial charge >= 0.3 is 5.97 Å². The first kappa shape index (κ1) is 25.0. The molecule has 2 aromatic heterocycles. The number of nitrogens with zero attached hydrogens (tertiary/aromatic N) is 6. The number of anilines is 1. The molecule has 1 fully saturated rings. The van der Waals surface area contributed by atoms with E-state index in [4.69, 9.17) is 19.4 Å². The molecule has 3 aromatic rings. The van der Waals surface area contributed by atoms with Crippen molar-refractivity contribution < 1.29 is 19.4 Å². The average molecular weight is 527 g/mol. The lowest BCUT2D eigenvalue weighted by molar-refractivity contribution is -0.0383. The van der Waals surface area contributed by atoms with E-state index in [9.17, 15) is 9.90 Å². The molecule has 0 aliphatic carbocycles. The van der Waals surface area contributed by atoms with Crippen molar-refractivity contribution in [1.29, 1.82) is 0 Å². The minimum absolute atomic E-state index is 0.126. The van der Waals surface area contributed by atoms with Crippen LogP contribution in [0.4, 0.5) is 5.82 Å². The molecule has 0 bridgehead atoms. The molecule has 2 atom stereocenters. The van der Waals surface area contributed by atoms with Gasteiger partial charge in [-0.25, -0.2) is 14.8 Å². The van der Waals surface area contributed by atoms with Gasteiger partial charge in [-0.05, 0) is 31.0 Å². The van der Waals surface area contributed by atoms with Crippen molar-refractivity contribution in [3.05, 3.63) is 78.2 Å². The lowest BCUT2D eigenvalue weighted by atomic mass is 10.0. The first-order valence-electron chi connectivity index (χ1n) is 13.1. The van der Waals surface area contributed by atoms with Gasteiger partial charge in [0.15, 0.2) is 5.65 Å². The highest BCUT2D eigenvalue weighted by Crippen LogP contribution is 2.37. The molecule has 6 rings (SSSR count). The van der Waals surface area contributed by atoms with E-state index < -0.39 is 12.1 Å². The number of hydrogen-bond acceptors (Lipinski definition) is 8.